The molecule has 0 heterocycles. The molecule has 0 aliphatic rings. The number of methoxy groups -OCH3 is 2. The van der Waals surface area contributed by atoms with E-state index in [0.29, 0.717) is 0 Å². The van der Waals surface area contributed by atoms with E-state index < -0.39 is 12.6 Å². The third kappa shape index (κ3) is 11.9. The molecule has 0 aliphatic heterocycles. The van der Waals surface area contributed by atoms with Crippen molar-refractivity contribution >= 4 is 0 Å². The summed E-state index contributed by atoms with van der Waals surface area (Å²) in [4.78, 5) is 0. The van der Waals surface area contributed by atoms with Crippen LogP contribution in [-0.4, -0.2) is 50.2 Å². The summed E-state index contributed by atoms with van der Waals surface area (Å²) in [5.41, 5.74) is 0. The molecule has 0 saturated heterocycles. The van der Waals surface area contributed by atoms with Gasteiger partial charge in [0.15, 0.2) is 0 Å². The van der Waals surface area contributed by atoms with Crippen molar-refractivity contribution in [3.63, 3.8) is 0 Å². The van der Waals surface area contributed by atoms with E-state index in [1.54, 1.807) is 0 Å². The Labute approximate surface area is 99.3 Å². The van der Waals surface area contributed by atoms with Gasteiger partial charge in [-0.2, -0.15) is 0 Å². The van der Waals surface area contributed by atoms with Crippen LogP contribution >= 0.6 is 0 Å². The number of aliphatic hydroxyl groups is 2. The second-order valence-corrected chi connectivity index (χ2v) is 2.59. The van der Waals surface area contributed by atoms with E-state index in [4.69, 9.17) is 19.3 Å². The SMILES string of the molecule is CC.CCC(C)OC(O)C(OC)OC.CO. The van der Waals surface area contributed by atoms with Crippen molar-refractivity contribution in [1.29, 1.82) is 0 Å². The second-order valence-electron chi connectivity index (χ2n) is 2.59. The summed E-state index contributed by atoms with van der Waals surface area (Å²) in [5, 5.41) is 16.3. The molecule has 5 heteroatoms. The predicted molar refractivity (Wildman–Crippen MR) is 64.1 cm³/mol. The molecule has 2 unspecified atom stereocenters. The topological polar surface area (TPSA) is 68.2 Å². The predicted octanol–water partition coefficient (Wildman–Crippen LogP) is 1.37. The summed E-state index contributed by atoms with van der Waals surface area (Å²) in [6.45, 7) is 7.86. The van der Waals surface area contributed by atoms with Gasteiger partial charge in [-0.15, -0.1) is 0 Å². The van der Waals surface area contributed by atoms with Gasteiger partial charge >= 0.3 is 0 Å². The fourth-order valence-corrected chi connectivity index (χ4v) is 0.727. The number of hydrogen-bond donors (Lipinski definition) is 2. The van der Waals surface area contributed by atoms with E-state index >= 15 is 0 Å². The number of ether oxygens (including phenoxy) is 3. The van der Waals surface area contributed by atoms with Gasteiger partial charge in [0.2, 0.25) is 12.6 Å². The zero-order valence-electron chi connectivity index (χ0n) is 11.6. The van der Waals surface area contributed by atoms with E-state index in [9.17, 15) is 5.11 Å². The molecule has 0 radical (unpaired) electrons. The third-order valence-corrected chi connectivity index (χ3v) is 1.64. The fourth-order valence-electron chi connectivity index (χ4n) is 0.727. The van der Waals surface area contributed by atoms with Crippen molar-refractivity contribution in [2.45, 2.75) is 52.8 Å². The summed E-state index contributed by atoms with van der Waals surface area (Å²) < 4.78 is 14.8. The van der Waals surface area contributed by atoms with Gasteiger partial charge in [-0.25, -0.2) is 0 Å². The molecule has 0 amide bonds. The van der Waals surface area contributed by atoms with Crippen LogP contribution in [-0.2, 0) is 14.2 Å². The zero-order chi connectivity index (χ0) is 13.6. The molecule has 0 aromatic carbocycles. The van der Waals surface area contributed by atoms with Crippen LogP contribution in [0.5, 0.6) is 0 Å². The van der Waals surface area contributed by atoms with Gasteiger partial charge in [-0.05, 0) is 13.3 Å². The summed E-state index contributed by atoms with van der Waals surface area (Å²) in [7, 11) is 3.91. The standard InChI is InChI=1S/C8H18O4.C2H6.CH4O/c1-5-6(2)12-7(9)8(10-3)11-4;2*1-2/h6-9H,5H2,1-4H3;1-2H3;2H,1H3. The van der Waals surface area contributed by atoms with Gasteiger partial charge in [0, 0.05) is 21.3 Å². The first-order valence-electron chi connectivity index (χ1n) is 5.49. The van der Waals surface area contributed by atoms with E-state index in [1.807, 2.05) is 27.7 Å². The summed E-state index contributed by atoms with van der Waals surface area (Å²) in [6.07, 6.45) is -0.876. The highest BCUT2D eigenvalue weighted by atomic mass is 16.7. The summed E-state index contributed by atoms with van der Waals surface area (Å²) in [5.74, 6) is 0. The molecule has 0 aromatic heterocycles. The zero-order valence-corrected chi connectivity index (χ0v) is 11.6. The van der Waals surface area contributed by atoms with Crippen LogP contribution in [0.4, 0.5) is 0 Å². The lowest BCUT2D eigenvalue weighted by Gasteiger charge is -2.22. The average molecular weight is 240 g/mol. The number of rotatable bonds is 6. The van der Waals surface area contributed by atoms with Crippen molar-refractivity contribution in [3.8, 4) is 0 Å². The molecular formula is C11H28O5. The lowest BCUT2D eigenvalue weighted by atomic mass is 10.3. The van der Waals surface area contributed by atoms with E-state index in [0.717, 1.165) is 13.5 Å². The van der Waals surface area contributed by atoms with Gasteiger partial charge in [0.25, 0.3) is 0 Å². The van der Waals surface area contributed by atoms with Crippen molar-refractivity contribution in [3.05, 3.63) is 0 Å². The average Bonchev–Trinajstić information content (AvgIpc) is 2.35. The quantitative estimate of drug-likeness (QED) is 0.686. The summed E-state index contributed by atoms with van der Waals surface area (Å²) in [6, 6.07) is 0. The molecular weight excluding hydrogens is 212 g/mol. The highest BCUT2D eigenvalue weighted by molar-refractivity contribution is 4.51. The minimum absolute atomic E-state index is 0.00722. The Morgan fingerprint density at radius 2 is 1.44 bits per heavy atom. The molecule has 0 bridgehead atoms. The molecule has 0 aromatic rings. The van der Waals surface area contributed by atoms with Gasteiger partial charge in [0.1, 0.15) is 0 Å². The van der Waals surface area contributed by atoms with E-state index in [-0.39, 0.29) is 6.10 Å². The number of aliphatic hydroxyl groups excluding tert-OH is 2. The van der Waals surface area contributed by atoms with Crippen LogP contribution in [0.15, 0.2) is 0 Å². The minimum atomic E-state index is -1.02. The Bertz CT molecular complexity index is 107. The normalized spacial score (nSPS) is 13.1. The van der Waals surface area contributed by atoms with E-state index in [2.05, 4.69) is 0 Å². The highest BCUT2D eigenvalue weighted by Gasteiger charge is 2.20. The smallest absolute Gasteiger partial charge is 0.208 e. The molecule has 0 saturated carbocycles. The maximum atomic E-state index is 9.34. The molecule has 16 heavy (non-hydrogen) atoms. The molecule has 5 nitrogen and oxygen atoms in total. The highest BCUT2D eigenvalue weighted by Crippen LogP contribution is 2.06. The van der Waals surface area contributed by atoms with Crippen LogP contribution in [0.2, 0.25) is 0 Å². The van der Waals surface area contributed by atoms with Crippen LogP contribution in [0.3, 0.4) is 0 Å². The third-order valence-electron chi connectivity index (χ3n) is 1.64. The summed E-state index contributed by atoms with van der Waals surface area (Å²) >= 11 is 0. The fraction of sp³-hybridized carbons (Fsp3) is 1.00. The van der Waals surface area contributed by atoms with Crippen molar-refractivity contribution < 1.29 is 24.4 Å². The molecule has 0 rings (SSSR count). The van der Waals surface area contributed by atoms with Crippen LogP contribution in [0.25, 0.3) is 0 Å². The monoisotopic (exact) mass is 240 g/mol. The van der Waals surface area contributed by atoms with Crippen molar-refractivity contribution in [2.24, 2.45) is 0 Å². The first-order valence-corrected chi connectivity index (χ1v) is 5.49. The van der Waals surface area contributed by atoms with Gasteiger partial charge < -0.3 is 24.4 Å². The van der Waals surface area contributed by atoms with E-state index in [1.165, 1.54) is 14.2 Å². The Hall–Kier alpha value is -0.200. The van der Waals surface area contributed by atoms with Crippen LogP contribution in [0.1, 0.15) is 34.1 Å². The lowest BCUT2D eigenvalue weighted by molar-refractivity contribution is -0.264. The van der Waals surface area contributed by atoms with Crippen molar-refractivity contribution in [1.82, 2.24) is 0 Å². The largest absolute Gasteiger partial charge is 0.400 e. The Balaban J connectivity index is -0.000000376. The molecule has 0 aliphatic carbocycles. The Kier molecular flexibility index (Phi) is 22.7. The molecule has 0 spiro atoms. The molecule has 0 fully saturated rings. The maximum absolute atomic E-state index is 9.34. The lowest BCUT2D eigenvalue weighted by Crippen LogP contribution is -2.34. The van der Waals surface area contributed by atoms with Crippen LogP contribution in [0, 0.1) is 0 Å². The first-order chi connectivity index (χ1) is 7.65. The van der Waals surface area contributed by atoms with Crippen LogP contribution < -0.4 is 0 Å². The second kappa shape index (κ2) is 17.2. The van der Waals surface area contributed by atoms with Gasteiger partial charge in [0.05, 0.1) is 6.10 Å². The Morgan fingerprint density at radius 3 is 1.69 bits per heavy atom. The molecule has 2 atom stereocenters. The Morgan fingerprint density at radius 1 is 1.06 bits per heavy atom. The molecule has 102 valence electrons. The molecule has 2 N–H and O–H groups in total. The van der Waals surface area contributed by atoms with Crippen molar-refractivity contribution in [2.75, 3.05) is 21.3 Å². The first kappa shape index (κ1) is 21.1. The van der Waals surface area contributed by atoms with Gasteiger partial charge in [-0.1, -0.05) is 20.8 Å². The minimum Gasteiger partial charge on any atom is -0.400 e. The maximum Gasteiger partial charge on any atom is 0.208 e. The number of hydrogen-bond acceptors (Lipinski definition) is 5. The van der Waals surface area contributed by atoms with Gasteiger partial charge in [-0.3, -0.25) is 0 Å².